The van der Waals surface area contributed by atoms with Crippen LogP contribution in [0.1, 0.15) is 12.0 Å². The summed E-state index contributed by atoms with van der Waals surface area (Å²) in [7, 11) is -3.18. The van der Waals surface area contributed by atoms with E-state index in [4.69, 9.17) is 4.74 Å². The van der Waals surface area contributed by atoms with Crippen molar-refractivity contribution in [2.45, 2.75) is 18.9 Å². The largest absolute Gasteiger partial charge is 0.488 e. The zero-order valence-corrected chi connectivity index (χ0v) is 14.5. The van der Waals surface area contributed by atoms with Gasteiger partial charge in [-0.15, -0.1) is 0 Å². The van der Waals surface area contributed by atoms with E-state index in [-0.39, 0.29) is 12.0 Å². The van der Waals surface area contributed by atoms with E-state index in [0.29, 0.717) is 19.5 Å². The number of hydrogen-bond donors (Lipinski definition) is 0. The minimum Gasteiger partial charge on any atom is -0.488 e. The van der Waals surface area contributed by atoms with Crippen LogP contribution >= 0.6 is 0 Å². The number of sulfonamides is 1. The molecule has 2 aromatic rings. The average Bonchev–Trinajstić information content (AvgIpc) is 2.57. The Morgan fingerprint density at radius 2 is 2.00 bits per heavy atom. The molecule has 3 rings (SSSR count). The summed E-state index contributed by atoms with van der Waals surface area (Å²) in [5, 5.41) is 0. The Balaban J connectivity index is 1.78. The molecule has 6 heteroatoms. The molecule has 0 aliphatic carbocycles. The summed E-state index contributed by atoms with van der Waals surface area (Å²) in [6, 6.07) is 13.9. The molecule has 5 nitrogen and oxygen atoms in total. The number of aromatic nitrogens is 1. The van der Waals surface area contributed by atoms with Crippen LogP contribution in [0.25, 0.3) is 0 Å². The first kappa shape index (κ1) is 16.9. The van der Waals surface area contributed by atoms with Gasteiger partial charge in [-0.25, -0.2) is 12.7 Å². The van der Waals surface area contributed by atoms with Gasteiger partial charge >= 0.3 is 0 Å². The first-order valence-electron chi connectivity index (χ1n) is 8.08. The van der Waals surface area contributed by atoms with Crippen LogP contribution in [0.2, 0.25) is 0 Å². The highest BCUT2D eigenvalue weighted by atomic mass is 32.2. The maximum Gasteiger partial charge on any atom is 0.211 e. The van der Waals surface area contributed by atoms with Crippen LogP contribution in [0.5, 0.6) is 5.75 Å². The fourth-order valence-electron chi connectivity index (χ4n) is 3.14. The van der Waals surface area contributed by atoms with Gasteiger partial charge in [0.15, 0.2) is 0 Å². The van der Waals surface area contributed by atoms with Crippen LogP contribution in [0.3, 0.4) is 0 Å². The van der Waals surface area contributed by atoms with Gasteiger partial charge in [0.1, 0.15) is 11.9 Å². The molecule has 1 aromatic carbocycles. The molecule has 0 amide bonds. The van der Waals surface area contributed by atoms with E-state index >= 15 is 0 Å². The summed E-state index contributed by atoms with van der Waals surface area (Å²) in [4.78, 5) is 4.08. The second-order valence-electron chi connectivity index (χ2n) is 6.20. The zero-order chi connectivity index (χ0) is 17.0. The van der Waals surface area contributed by atoms with Crippen molar-refractivity contribution in [2.75, 3.05) is 19.3 Å². The zero-order valence-electron chi connectivity index (χ0n) is 13.7. The number of pyridine rings is 1. The third-order valence-corrected chi connectivity index (χ3v) is 5.63. The minimum atomic E-state index is -3.18. The maximum absolute atomic E-state index is 11.9. The molecule has 1 aliphatic heterocycles. The number of piperidine rings is 1. The Morgan fingerprint density at radius 1 is 1.21 bits per heavy atom. The molecule has 2 heterocycles. The molecule has 24 heavy (non-hydrogen) atoms. The molecule has 2 atom stereocenters. The lowest BCUT2D eigenvalue weighted by Crippen LogP contribution is -2.48. The highest BCUT2D eigenvalue weighted by Gasteiger charge is 2.34. The second kappa shape index (κ2) is 7.32. The van der Waals surface area contributed by atoms with Crippen molar-refractivity contribution in [3.05, 3.63) is 60.4 Å². The van der Waals surface area contributed by atoms with Gasteiger partial charge in [0.25, 0.3) is 0 Å². The van der Waals surface area contributed by atoms with Crippen molar-refractivity contribution in [2.24, 2.45) is 5.92 Å². The van der Waals surface area contributed by atoms with Crippen LogP contribution in [-0.4, -0.2) is 43.2 Å². The second-order valence-corrected chi connectivity index (χ2v) is 8.19. The van der Waals surface area contributed by atoms with Gasteiger partial charge in [0, 0.05) is 25.2 Å². The van der Waals surface area contributed by atoms with Gasteiger partial charge in [-0.2, -0.15) is 0 Å². The Kier molecular flexibility index (Phi) is 5.16. The van der Waals surface area contributed by atoms with Crippen LogP contribution < -0.4 is 4.74 Å². The van der Waals surface area contributed by atoms with Crippen molar-refractivity contribution in [3.63, 3.8) is 0 Å². The number of ether oxygens (including phenoxy) is 1. The fraction of sp³-hybridized carbons (Fsp3) is 0.389. The minimum absolute atomic E-state index is 0.0209. The molecule has 1 saturated heterocycles. The van der Waals surface area contributed by atoms with Crippen molar-refractivity contribution in [3.8, 4) is 5.75 Å². The van der Waals surface area contributed by atoms with Crippen LogP contribution in [-0.2, 0) is 16.4 Å². The first-order chi connectivity index (χ1) is 11.5. The lowest BCUT2D eigenvalue weighted by atomic mass is 9.89. The van der Waals surface area contributed by atoms with E-state index in [2.05, 4.69) is 17.1 Å². The molecule has 1 fully saturated rings. The molecule has 0 bridgehead atoms. The molecule has 1 aliphatic rings. The number of rotatable bonds is 5. The maximum atomic E-state index is 11.9. The van der Waals surface area contributed by atoms with Crippen molar-refractivity contribution in [1.82, 2.24) is 9.29 Å². The molecule has 0 N–H and O–H groups in total. The summed E-state index contributed by atoms with van der Waals surface area (Å²) in [6.45, 7) is 0.980. The summed E-state index contributed by atoms with van der Waals surface area (Å²) < 4.78 is 31.5. The molecule has 0 radical (unpaired) electrons. The summed E-state index contributed by atoms with van der Waals surface area (Å²) >= 11 is 0. The van der Waals surface area contributed by atoms with Gasteiger partial charge in [-0.3, -0.25) is 4.98 Å². The van der Waals surface area contributed by atoms with Gasteiger partial charge in [0.2, 0.25) is 10.0 Å². The Bertz CT molecular complexity index is 750. The van der Waals surface area contributed by atoms with E-state index in [1.807, 2.05) is 30.3 Å². The van der Waals surface area contributed by atoms with Crippen molar-refractivity contribution >= 4 is 10.0 Å². The predicted molar refractivity (Wildman–Crippen MR) is 93.3 cm³/mol. The average molecular weight is 346 g/mol. The van der Waals surface area contributed by atoms with Gasteiger partial charge in [-0.05, 0) is 30.5 Å². The Hall–Kier alpha value is -1.92. The highest BCUT2D eigenvalue weighted by Crippen LogP contribution is 2.27. The smallest absolute Gasteiger partial charge is 0.211 e. The lowest BCUT2D eigenvalue weighted by Gasteiger charge is -2.37. The van der Waals surface area contributed by atoms with Crippen LogP contribution in [0, 0.1) is 5.92 Å². The molecular formula is C18H22N2O3S. The molecule has 1 aromatic heterocycles. The van der Waals surface area contributed by atoms with Crippen LogP contribution in [0.15, 0.2) is 54.9 Å². The molecule has 0 spiro atoms. The third kappa shape index (κ3) is 4.33. The summed E-state index contributed by atoms with van der Waals surface area (Å²) in [5.74, 6) is 0.837. The number of hydrogen-bond acceptors (Lipinski definition) is 4. The summed E-state index contributed by atoms with van der Waals surface area (Å²) in [5.41, 5.74) is 1.19. The third-order valence-electron chi connectivity index (χ3n) is 4.36. The van der Waals surface area contributed by atoms with E-state index in [9.17, 15) is 8.42 Å². The molecule has 0 unspecified atom stereocenters. The number of nitrogens with zero attached hydrogens (tertiary/aromatic N) is 2. The summed E-state index contributed by atoms with van der Waals surface area (Å²) in [6.07, 6.45) is 6.13. The van der Waals surface area contributed by atoms with E-state index in [1.54, 1.807) is 16.7 Å². The molecular weight excluding hydrogens is 324 g/mol. The van der Waals surface area contributed by atoms with Crippen LogP contribution in [0.4, 0.5) is 0 Å². The molecule has 128 valence electrons. The van der Waals surface area contributed by atoms with Gasteiger partial charge in [-0.1, -0.05) is 30.3 Å². The SMILES string of the molecule is CS(=O)(=O)N1CC[C@@H](Oc2cccnc2)[C@H](Cc2ccccc2)C1. The van der Waals surface area contributed by atoms with E-state index in [0.717, 1.165) is 12.2 Å². The van der Waals surface area contributed by atoms with Crippen molar-refractivity contribution in [1.29, 1.82) is 0 Å². The predicted octanol–water partition coefficient (Wildman–Crippen LogP) is 2.35. The van der Waals surface area contributed by atoms with Gasteiger partial charge in [0.05, 0.1) is 12.5 Å². The molecule has 0 saturated carbocycles. The van der Waals surface area contributed by atoms with Crippen molar-refractivity contribution < 1.29 is 13.2 Å². The fourth-order valence-corrected chi connectivity index (χ4v) is 4.04. The quantitative estimate of drug-likeness (QED) is 0.834. The Morgan fingerprint density at radius 3 is 2.67 bits per heavy atom. The monoisotopic (exact) mass is 346 g/mol. The highest BCUT2D eigenvalue weighted by molar-refractivity contribution is 7.88. The van der Waals surface area contributed by atoms with E-state index < -0.39 is 10.0 Å². The van der Waals surface area contributed by atoms with Gasteiger partial charge < -0.3 is 4.74 Å². The normalized spacial score (nSPS) is 22.2. The van der Waals surface area contributed by atoms with E-state index in [1.165, 1.54) is 11.8 Å². The number of benzene rings is 1. The standard InChI is InChI=1S/C18H22N2O3S/c1-24(21,22)20-11-9-18(23-17-8-5-10-19-13-17)16(14-20)12-15-6-3-2-4-7-15/h2-8,10,13,16,18H,9,11-12,14H2,1H3/t16-,18-/m1/s1. The lowest BCUT2D eigenvalue weighted by molar-refractivity contribution is 0.0742. The first-order valence-corrected chi connectivity index (χ1v) is 9.93. The Labute approximate surface area is 143 Å². The topological polar surface area (TPSA) is 59.5 Å².